The number of hydrogen-bond acceptors (Lipinski definition) is 8. The number of aromatic nitrogens is 5. The molecule has 0 radical (unpaired) electrons. The van der Waals surface area contributed by atoms with Crippen molar-refractivity contribution >= 4 is 45.4 Å². The van der Waals surface area contributed by atoms with E-state index in [4.69, 9.17) is 21.6 Å². The second-order valence-electron chi connectivity index (χ2n) is 7.44. The van der Waals surface area contributed by atoms with E-state index in [0.717, 1.165) is 64.7 Å². The molecule has 154 valence electrons. The number of pyridine rings is 1. The third kappa shape index (κ3) is 3.42. The summed E-state index contributed by atoms with van der Waals surface area (Å²) in [5.41, 5.74) is 4.43. The fraction of sp³-hybridized carbons (Fsp3) is 0.381. The first-order valence-corrected chi connectivity index (χ1v) is 11.3. The molecule has 1 saturated heterocycles. The van der Waals surface area contributed by atoms with Crippen molar-refractivity contribution in [3.05, 3.63) is 41.5 Å². The fourth-order valence-corrected chi connectivity index (χ4v) is 5.29. The predicted octanol–water partition coefficient (Wildman–Crippen LogP) is 3.84. The molecule has 0 unspecified atom stereocenters. The van der Waals surface area contributed by atoms with E-state index in [1.54, 1.807) is 18.6 Å². The molecule has 7 nitrogen and oxygen atoms in total. The van der Waals surface area contributed by atoms with Gasteiger partial charge in [-0.1, -0.05) is 18.5 Å². The van der Waals surface area contributed by atoms with E-state index < -0.39 is 0 Å². The number of allylic oxidation sites excluding steroid dienone is 1. The van der Waals surface area contributed by atoms with E-state index in [1.807, 2.05) is 6.07 Å². The van der Waals surface area contributed by atoms with Crippen molar-refractivity contribution in [2.24, 2.45) is 0 Å². The molecule has 4 heterocycles. The third-order valence-corrected chi connectivity index (χ3v) is 6.93. The topological polar surface area (TPSA) is 87.9 Å². The van der Waals surface area contributed by atoms with Crippen molar-refractivity contribution in [1.29, 1.82) is 0 Å². The summed E-state index contributed by atoms with van der Waals surface area (Å²) in [5.74, 6) is 0.834. The van der Waals surface area contributed by atoms with Crippen LogP contribution in [0.25, 0.3) is 16.2 Å². The molecule has 0 spiro atoms. The van der Waals surface area contributed by atoms with Crippen molar-refractivity contribution in [3.63, 3.8) is 0 Å². The first-order chi connectivity index (χ1) is 14.7. The zero-order valence-corrected chi connectivity index (χ0v) is 18.1. The van der Waals surface area contributed by atoms with Gasteiger partial charge in [-0.15, -0.1) is 0 Å². The number of anilines is 1. The van der Waals surface area contributed by atoms with E-state index >= 15 is 0 Å². The first-order valence-electron chi connectivity index (χ1n) is 10.1. The molecule has 9 heteroatoms. The monoisotopic (exact) mass is 440 g/mol. The molecule has 2 aliphatic rings. The van der Waals surface area contributed by atoms with Crippen LogP contribution in [-0.4, -0.2) is 49.2 Å². The fourth-order valence-electron chi connectivity index (χ4n) is 4.12. The predicted molar refractivity (Wildman–Crippen MR) is 118 cm³/mol. The van der Waals surface area contributed by atoms with Crippen LogP contribution < -0.4 is 4.90 Å². The normalized spacial score (nSPS) is 18.5. The summed E-state index contributed by atoms with van der Waals surface area (Å²) in [6.45, 7) is 3.08. The van der Waals surface area contributed by atoms with Crippen LogP contribution in [0.5, 0.6) is 0 Å². The van der Waals surface area contributed by atoms with Crippen LogP contribution in [0.3, 0.4) is 0 Å². The maximum Gasteiger partial charge on any atom is 0.194 e. The average Bonchev–Trinajstić information content (AvgIpc) is 3.37. The molecule has 1 atom stereocenters. The summed E-state index contributed by atoms with van der Waals surface area (Å²) in [4.78, 5) is 25.8. The Hall–Kier alpha value is -2.29. The second-order valence-corrected chi connectivity index (χ2v) is 8.86. The minimum atomic E-state index is 0.0644. The van der Waals surface area contributed by atoms with Crippen LogP contribution in [0.1, 0.15) is 37.4 Å². The molecule has 0 saturated carbocycles. The Balaban J connectivity index is 1.56. The van der Waals surface area contributed by atoms with Crippen molar-refractivity contribution < 1.29 is 5.11 Å². The molecule has 1 aliphatic carbocycles. The summed E-state index contributed by atoms with van der Waals surface area (Å²) in [5, 5.41) is 11.3. The Morgan fingerprint density at radius 1 is 1.23 bits per heavy atom. The molecule has 0 bridgehead atoms. The van der Waals surface area contributed by atoms with Crippen LogP contribution in [0, 0.1) is 0 Å². The summed E-state index contributed by atoms with van der Waals surface area (Å²) in [6.07, 6.45) is 8.67. The Kier molecular flexibility index (Phi) is 5.30. The van der Waals surface area contributed by atoms with Crippen LogP contribution in [-0.2, 0) is 6.42 Å². The van der Waals surface area contributed by atoms with Gasteiger partial charge in [0.1, 0.15) is 11.3 Å². The summed E-state index contributed by atoms with van der Waals surface area (Å²) in [7, 11) is 0. The Bertz CT molecular complexity index is 1150. The van der Waals surface area contributed by atoms with Crippen LogP contribution >= 0.6 is 23.4 Å². The largest absolute Gasteiger partial charge is 0.394 e. The van der Waals surface area contributed by atoms with Gasteiger partial charge in [0.15, 0.2) is 10.8 Å². The van der Waals surface area contributed by atoms with Gasteiger partial charge in [-0.2, -0.15) is 0 Å². The maximum atomic E-state index is 9.86. The second kappa shape index (κ2) is 8.09. The van der Waals surface area contributed by atoms with E-state index in [1.165, 1.54) is 17.3 Å². The Labute approximate surface area is 183 Å². The van der Waals surface area contributed by atoms with Gasteiger partial charge >= 0.3 is 0 Å². The number of aliphatic hydroxyl groups excluding tert-OH is 1. The van der Waals surface area contributed by atoms with E-state index in [0.29, 0.717) is 10.8 Å². The highest BCUT2D eigenvalue weighted by atomic mass is 35.5. The van der Waals surface area contributed by atoms with Gasteiger partial charge in [-0.3, -0.25) is 4.98 Å². The summed E-state index contributed by atoms with van der Waals surface area (Å²) < 4.78 is 0. The summed E-state index contributed by atoms with van der Waals surface area (Å²) in [6, 6.07) is 2.01. The zero-order chi connectivity index (χ0) is 20.7. The quantitative estimate of drug-likeness (QED) is 0.598. The van der Waals surface area contributed by atoms with E-state index in [2.05, 4.69) is 26.8 Å². The molecule has 1 aliphatic heterocycles. The molecule has 3 aromatic rings. The molecule has 3 aromatic heterocycles. The lowest BCUT2D eigenvalue weighted by molar-refractivity contribution is 0.266. The van der Waals surface area contributed by atoms with Crippen LogP contribution in [0.4, 0.5) is 5.82 Å². The van der Waals surface area contributed by atoms with Crippen molar-refractivity contribution in [3.8, 4) is 0 Å². The zero-order valence-electron chi connectivity index (χ0n) is 16.5. The highest BCUT2D eigenvalue weighted by Gasteiger charge is 2.33. The van der Waals surface area contributed by atoms with E-state index in [9.17, 15) is 5.11 Å². The molecular weight excluding hydrogens is 420 g/mol. The van der Waals surface area contributed by atoms with Gasteiger partial charge in [0.05, 0.1) is 28.9 Å². The molecule has 30 heavy (non-hydrogen) atoms. The molecule has 5 rings (SSSR count). The highest BCUT2D eigenvalue weighted by Crippen LogP contribution is 2.43. The number of halogens is 1. The van der Waals surface area contributed by atoms with Gasteiger partial charge in [0.2, 0.25) is 0 Å². The van der Waals surface area contributed by atoms with Crippen LogP contribution in [0.2, 0.25) is 0 Å². The van der Waals surface area contributed by atoms with Crippen molar-refractivity contribution in [2.45, 2.75) is 48.7 Å². The molecular formula is C21H21ClN6OS. The minimum absolute atomic E-state index is 0.0644. The number of nitrogens with zero attached hydrogens (tertiary/aromatic N) is 6. The SMILES string of the molecule is CCC1=C(Cl)c2c(nc(Sc3cnc4nccnc4c3)nc2N2CCC[C@H]2CO)C1. The smallest absolute Gasteiger partial charge is 0.194 e. The number of hydrogen-bond donors (Lipinski definition) is 1. The van der Waals surface area contributed by atoms with Crippen molar-refractivity contribution in [2.75, 3.05) is 18.1 Å². The standard InChI is InChI=1S/C21H21ClN6OS/c1-2-12-8-15-17(18(12)22)20(28-7-3-4-13(28)11-29)27-21(26-15)30-14-9-16-19(25-10-14)24-6-5-23-16/h5-6,9-10,13,29H,2-4,7-8,11H2,1H3/t13-/m0/s1. The molecule has 1 fully saturated rings. The van der Waals surface area contributed by atoms with Gasteiger partial charge in [0, 0.05) is 36.5 Å². The molecule has 0 amide bonds. The average molecular weight is 441 g/mol. The third-order valence-electron chi connectivity index (χ3n) is 5.65. The highest BCUT2D eigenvalue weighted by molar-refractivity contribution is 7.99. The number of fused-ring (bicyclic) bond motifs is 2. The minimum Gasteiger partial charge on any atom is -0.394 e. The van der Waals surface area contributed by atoms with Crippen molar-refractivity contribution in [1.82, 2.24) is 24.9 Å². The van der Waals surface area contributed by atoms with Crippen LogP contribution in [0.15, 0.2) is 40.3 Å². The Morgan fingerprint density at radius 2 is 2.10 bits per heavy atom. The van der Waals surface area contributed by atoms with Gasteiger partial charge in [-0.05, 0) is 42.7 Å². The summed E-state index contributed by atoms with van der Waals surface area (Å²) >= 11 is 8.20. The first kappa shape index (κ1) is 19.7. The molecule has 0 aromatic carbocycles. The lowest BCUT2D eigenvalue weighted by Gasteiger charge is -2.26. The van der Waals surface area contributed by atoms with Gasteiger partial charge < -0.3 is 10.0 Å². The van der Waals surface area contributed by atoms with Gasteiger partial charge in [-0.25, -0.2) is 19.9 Å². The lowest BCUT2D eigenvalue weighted by Crippen LogP contribution is -2.33. The number of aliphatic hydroxyl groups is 1. The lowest BCUT2D eigenvalue weighted by atomic mass is 10.2. The maximum absolute atomic E-state index is 9.86. The Morgan fingerprint density at radius 3 is 2.93 bits per heavy atom. The molecule has 1 N–H and O–H groups in total. The van der Waals surface area contributed by atoms with Gasteiger partial charge in [0.25, 0.3) is 0 Å². The number of rotatable bonds is 5. The van der Waals surface area contributed by atoms with E-state index in [-0.39, 0.29) is 12.6 Å².